The van der Waals surface area contributed by atoms with Gasteiger partial charge in [0.2, 0.25) is 5.95 Å². The van der Waals surface area contributed by atoms with Gasteiger partial charge >= 0.3 is 0 Å². The Morgan fingerprint density at radius 3 is 3.00 bits per heavy atom. The van der Waals surface area contributed by atoms with Gasteiger partial charge in [-0.1, -0.05) is 5.16 Å². The van der Waals surface area contributed by atoms with Gasteiger partial charge in [0.05, 0.1) is 11.8 Å². The van der Waals surface area contributed by atoms with Gasteiger partial charge < -0.3 is 25.2 Å². The predicted molar refractivity (Wildman–Crippen MR) is 93.7 cm³/mol. The number of aromatic nitrogens is 3. The lowest BCUT2D eigenvalue weighted by Crippen LogP contribution is -2.33. The lowest BCUT2D eigenvalue weighted by Gasteiger charge is -2.18. The van der Waals surface area contributed by atoms with Crippen molar-refractivity contribution in [2.75, 3.05) is 37.3 Å². The summed E-state index contributed by atoms with van der Waals surface area (Å²) in [7, 11) is 0. The number of fused-ring (bicyclic) bond motifs is 1. The molecule has 1 amide bonds. The molecule has 4 heterocycles. The lowest BCUT2D eigenvalue weighted by molar-refractivity contribution is 0.0752. The van der Waals surface area contributed by atoms with Gasteiger partial charge in [-0.05, 0) is 19.3 Å². The van der Waals surface area contributed by atoms with Gasteiger partial charge in [0.1, 0.15) is 12.1 Å². The summed E-state index contributed by atoms with van der Waals surface area (Å²) in [6.45, 7) is 2.64. The minimum Gasteiger partial charge on any atom is -0.376 e. The molecular formula is C17H22N6O3. The van der Waals surface area contributed by atoms with Crippen LogP contribution in [0, 0.1) is 0 Å². The summed E-state index contributed by atoms with van der Waals surface area (Å²) >= 11 is 0. The highest BCUT2D eigenvalue weighted by molar-refractivity contribution is 5.92. The summed E-state index contributed by atoms with van der Waals surface area (Å²) < 4.78 is 10.4. The number of carbonyl (C=O) groups excluding carboxylic acids is 1. The molecule has 138 valence electrons. The quantitative estimate of drug-likeness (QED) is 0.826. The van der Waals surface area contributed by atoms with Crippen LogP contribution in [0.2, 0.25) is 0 Å². The molecule has 0 saturated carbocycles. The van der Waals surface area contributed by atoms with Crippen LogP contribution in [0.15, 0.2) is 16.9 Å². The van der Waals surface area contributed by atoms with Gasteiger partial charge in [0, 0.05) is 44.3 Å². The first-order valence-corrected chi connectivity index (χ1v) is 8.91. The van der Waals surface area contributed by atoms with Crippen molar-refractivity contribution in [2.24, 2.45) is 0 Å². The molecule has 1 atom stereocenters. The van der Waals surface area contributed by atoms with E-state index in [0.29, 0.717) is 38.2 Å². The fourth-order valence-electron chi connectivity index (χ4n) is 3.47. The average Bonchev–Trinajstić information content (AvgIpc) is 3.30. The fourth-order valence-corrected chi connectivity index (χ4v) is 3.47. The Labute approximate surface area is 150 Å². The summed E-state index contributed by atoms with van der Waals surface area (Å²) in [5.74, 6) is 0.856. The molecule has 1 fully saturated rings. The highest BCUT2D eigenvalue weighted by Crippen LogP contribution is 2.24. The molecule has 9 heteroatoms. The minimum absolute atomic E-state index is 0.138. The maximum Gasteiger partial charge on any atom is 0.276 e. The number of amides is 1. The number of ether oxygens (including phenoxy) is 1. The Balaban J connectivity index is 1.49. The van der Waals surface area contributed by atoms with E-state index in [0.717, 1.165) is 36.5 Å². The maximum atomic E-state index is 12.5. The van der Waals surface area contributed by atoms with E-state index in [2.05, 4.69) is 20.4 Å². The van der Waals surface area contributed by atoms with E-state index in [1.807, 2.05) is 0 Å². The van der Waals surface area contributed by atoms with E-state index in [4.69, 9.17) is 15.0 Å². The number of hydrogen-bond acceptors (Lipinski definition) is 8. The number of nitrogen functional groups attached to an aromatic ring is 1. The van der Waals surface area contributed by atoms with E-state index < -0.39 is 0 Å². The summed E-state index contributed by atoms with van der Waals surface area (Å²) in [5, 5.41) is 7.10. The van der Waals surface area contributed by atoms with Crippen molar-refractivity contribution >= 4 is 17.7 Å². The highest BCUT2D eigenvalue weighted by atomic mass is 16.5. The Morgan fingerprint density at radius 1 is 1.35 bits per heavy atom. The molecule has 9 nitrogen and oxygen atoms in total. The van der Waals surface area contributed by atoms with Crippen LogP contribution in [0.25, 0.3) is 0 Å². The van der Waals surface area contributed by atoms with E-state index >= 15 is 0 Å². The number of nitrogens with zero attached hydrogens (tertiary/aromatic N) is 4. The third-order valence-electron chi connectivity index (χ3n) is 4.83. The minimum atomic E-state index is -0.138. The molecule has 0 spiro atoms. The number of nitrogens with one attached hydrogen (secondary N) is 1. The lowest BCUT2D eigenvalue weighted by atomic mass is 10.1. The van der Waals surface area contributed by atoms with Crippen molar-refractivity contribution in [3.05, 3.63) is 29.3 Å². The molecule has 2 aromatic rings. The van der Waals surface area contributed by atoms with Crippen LogP contribution in [0.3, 0.4) is 0 Å². The van der Waals surface area contributed by atoms with Crippen molar-refractivity contribution in [2.45, 2.75) is 31.8 Å². The summed E-state index contributed by atoms with van der Waals surface area (Å²) in [6.07, 6.45) is 5.04. The second-order valence-electron chi connectivity index (χ2n) is 6.55. The zero-order valence-electron chi connectivity index (χ0n) is 14.5. The highest BCUT2D eigenvalue weighted by Gasteiger charge is 2.25. The van der Waals surface area contributed by atoms with E-state index in [-0.39, 0.29) is 18.0 Å². The van der Waals surface area contributed by atoms with Crippen molar-refractivity contribution in [1.29, 1.82) is 0 Å². The molecule has 1 saturated heterocycles. The number of rotatable bonds is 4. The second kappa shape index (κ2) is 7.28. The number of nitrogens with two attached hydrogens (primary N) is 1. The topological polar surface area (TPSA) is 119 Å². The summed E-state index contributed by atoms with van der Waals surface area (Å²) in [4.78, 5) is 23.1. The molecule has 0 aliphatic carbocycles. The molecule has 2 aliphatic heterocycles. The zero-order valence-corrected chi connectivity index (χ0v) is 14.5. The molecule has 0 unspecified atom stereocenters. The standard InChI is InChI=1S/C17H22N6O3/c18-17-20-13-4-7-23(16(24)14-5-9-26-22-14)6-3-12(13)15(21-17)19-10-11-2-1-8-25-11/h5,9,11H,1-4,6-8,10H2,(H3,18,19,20,21)/t11-/m1/s1. The Morgan fingerprint density at radius 2 is 2.23 bits per heavy atom. The summed E-state index contributed by atoms with van der Waals surface area (Å²) in [6, 6.07) is 1.58. The molecule has 0 aromatic carbocycles. The van der Waals surface area contributed by atoms with Crippen LogP contribution >= 0.6 is 0 Å². The average molecular weight is 358 g/mol. The van der Waals surface area contributed by atoms with Gasteiger partial charge in [0.15, 0.2) is 5.69 Å². The van der Waals surface area contributed by atoms with Crippen LogP contribution in [0.4, 0.5) is 11.8 Å². The molecule has 2 aliphatic rings. The number of hydrogen-bond donors (Lipinski definition) is 2. The van der Waals surface area contributed by atoms with Crippen molar-refractivity contribution in [1.82, 2.24) is 20.0 Å². The molecular weight excluding hydrogens is 336 g/mol. The molecule has 0 radical (unpaired) electrons. The van der Waals surface area contributed by atoms with Crippen LogP contribution in [0.1, 0.15) is 34.6 Å². The second-order valence-corrected chi connectivity index (χ2v) is 6.55. The normalized spacial score (nSPS) is 19.8. The van der Waals surface area contributed by atoms with Gasteiger partial charge in [-0.2, -0.15) is 4.98 Å². The van der Waals surface area contributed by atoms with Gasteiger partial charge in [-0.25, -0.2) is 4.98 Å². The van der Waals surface area contributed by atoms with Crippen LogP contribution in [0.5, 0.6) is 0 Å². The van der Waals surface area contributed by atoms with Crippen LogP contribution in [-0.2, 0) is 17.6 Å². The van der Waals surface area contributed by atoms with E-state index in [1.165, 1.54) is 6.26 Å². The molecule has 3 N–H and O–H groups in total. The molecule has 2 aromatic heterocycles. The largest absolute Gasteiger partial charge is 0.376 e. The Hall–Kier alpha value is -2.68. The zero-order chi connectivity index (χ0) is 17.9. The van der Waals surface area contributed by atoms with Crippen molar-refractivity contribution < 1.29 is 14.1 Å². The number of anilines is 2. The number of carbonyl (C=O) groups is 1. The van der Waals surface area contributed by atoms with Gasteiger partial charge in [0.25, 0.3) is 5.91 Å². The van der Waals surface area contributed by atoms with E-state index in [1.54, 1.807) is 11.0 Å². The molecule has 26 heavy (non-hydrogen) atoms. The van der Waals surface area contributed by atoms with Crippen LogP contribution in [-0.4, -0.2) is 58.3 Å². The molecule has 0 bridgehead atoms. The first kappa shape index (κ1) is 16.8. The van der Waals surface area contributed by atoms with Gasteiger partial charge in [-0.15, -0.1) is 0 Å². The summed E-state index contributed by atoms with van der Waals surface area (Å²) in [5.41, 5.74) is 8.12. The van der Waals surface area contributed by atoms with Crippen molar-refractivity contribution in [3.8, 4) is 0 Å². The predicted octanol–water partition coefficient (Wildman–Crippen LogP) is 0.879. The first-order valence-electron chi connectivity index (χ1n) is 8.91. The third kappa shape index (κ3) is 3.48. The van der Waals surface area contributed by atoms with Crippen molar-refractivity contribution in [3.63, 3.8) is 0 Å². The monoisotopic (exact) mass is 358 g/mol. The fraction of sp³-hybridized carbons (Fsp3) is 0.529. The van der Waals surface area contributed by atoms with Crippen LogP contribution < -0.4 is 11.1 Å². The SMILES string of the molecule is Nc1nc2c(c(NC[C@H]3CCCO3)n1)CCN(C(=O)c1ccon1)CC2. The van der Waals surface area contributed by atoms with Gasteiger partial charge in [-0.3, -0.25) is 4.79 Å². The smallest absolute Gasteiger partial charge is 0.276 e. The van der Waals surface area contributed by atoms with E-state index in [9.17, 15) is 4.79 Å². The first-order chi connectivity index (χ1) is 12.7. The Kier molecular flexibility index (Phi) is 4.70. The maximum absolute atomic E-state index is 12.5. The third-order valence-corrected chi connectivity index (χ3v) is 4.83. The molecule has 4 rings (SSSR count). The Bertz CT molecular complexity index is 773.